The van der Waals surface area contributed by atoms with Crippen molar-refractivity contribution in [1.82, 2.24) is 20.1 Å². The van der Waals surface area contributed by atoms with E-state index in [0.717, 1.165) is 31.7 Å². The van der Waals surface area contributed by atoms with Gasteiger partial charge in [-0.05, 0) is 31.5 Å². The summed E-state index contributed by atoms with van der Waals surface area (Å²) >= 11 is 0. The van der Waals surface area contributed by atoms with Crippen LogP contribution in [-0.4, -0.2) is 112 Å². The molecule has 0 aliphatic carbocycles. The Labute approximate surface area is 225 Å². The minimum atomic E-state index is -5.08. The van der Waals surface area contributed by atoms with Crippen LogP contribution in [0.1, 0.15) is 12.1 Å². The third-order valence-corrected chi connectivity index (χ3v) is 5.41. The Morgan fingerprint density at radius 2 is 1.32 bits per heavy atom. The Morgan fingerprint density at radius 3 is 1.63 bits per heavy atom. The molecule has 3 heterocycles. The standard InChI is InChI=1S/C15H22N4O.3C2HF3O2/c1-16-15(20)13-7-11-8-19(10-14(11)18(13)2)9-12-5-3-4-6-17-12;3*3-2(4,5)1(6)7/h3-6,11,13-14H,7-10H2,1-2H3,(H,16,20);3*(H,6,7)/t11-,13-,14+;;;/m0.../s1. The SMILES string of the molecule is CNC(=O)[C@@H]1C[C@H]2CN(Cc3ccccn3)C[C@H]2N1C.O=C(O)C(F)(F)F.O=C(O)C(F)(F)F.O=C(O)C(F)(F)F. The van der Waals surface area contributed by atoms with Gasteiger partial charge in [0.05, 0.1) is 11.7 Å². The number of aromatic nitrogens is 1. The maximum atomic E-state index is 11.9. The first-order chi connectivity index (χ1) is 18.5. The molecular weight excluding hydrogens is 591 g/mol. The van der Waals surface area contributed by atoms with Crippen LogP contribution < -0.4 is 5.32 Å². The zero-order valence-electron chi connectivity index (χ0n) is 21.1. The van der Waals surface area contributed by atoms with E-state index >= 15 is 0 Å². The van der Waals surface area contributed by atoms with E-state index in [1.807, 2.05) is 18.3 Å². The number of hydrogen-bond donors (Lipinski definition) is 4. The van der Waals surface area contributed by atoms with Gasteiger partial charge in [0.25, 0.3) is 0 Å². The van der Waals surface area contributed by atoms with Crippen LogP contribution in [0.25, 0.3) is 0 Å². The molecule has 1 aromatic rings. The van der Waals surface area contributed by atoms with Crippen molar-refractivity contribution in [2.75, 3.05) is 27.2 Å². The fourth-order valence-electron chi connectivity index (χ4n) is 3.63. The van der Waals surface area contributed by atoms with Gasteiger partial charge in [-0.15, -0.1) is 0 Å². The lowest BCUT2D eigenvalue weighted by molar-refractivity contribution is -0.193. The highest BCUT2D eigenvalue weighted by atomic mass is 19.4. The summed E-state index contributed by atoms with van der Waals surface area (Å²) in [5, 5.41) is 24.1. The molecule has 0 spiro atoms. The fourth-order valence-corrected chi connectivity index (χ4v) is 3.63. The number of carboxylic acid groups (broad SMARTS) is 3. The van der Waals surface area contributed by atoms with E-state index in [9.17, 15) is 44.3 Å². The van der Waals surface area contributed by atoms with E-state index in [2.05, 4.69) is 33.2 Å². The van der Waals surface area contributed by atoms with Crippen molar-refractivity contribution in [3.63, 3.8) is 0 Å². The van der Waals surface area contributed by atoms with E-state index in [0.29, 0.717) is 12.0 Å². The van der Waals surface area contributed by atoms with Crippen molar-refractivity contribution in [1.29, 1.82) is 0 Å². The largest absolute Gasteiger partial charge is 0.490 e. The summed E-state index contributed by atoms with van der Waals surface area (Å²) < 4.78 is 95.2. The first kappa shape index (κ1) is 37.3. The molecule has 20 heteroatoms. The zero-order valence-corrected chi connectivity index (χ0v) is 21.1. The van der Waals surface area contributed by atoms with Gasteiger partial charge in [0, 0.05) is 38.9 Å². The molecular formula is C21H25F9N4O7. The van der Waals surface area contributed by atoms with Crippen LogP contribution in [-0.2, 0) is 25.7 Å². The number of carbonyl (C=O) groups is 4. The second-order valence-corrected chi connectivity index (χ2v) is 8.28. The number of rotatable bonds is 3. The molecule has 0 unspecified atom stereocenters. The van der Waals surface area contributed by atoms with E-state index in [-0.39, 0.29) is 11.9 Å². The number of amides is 1. The van der Waals surface area contributed by atoms with Gasteiger partial charge in [-0.25, -0.2) is 14.4 Å². The monoisotopic (exact) mass is 616 g/mol. The third-order valence-electron chi connectivity index (χ3n) is 5.41. The molecule has 2 aliphatic heterocycles. The topological polar surface area (TPSA) is 160 Å². The predicted molar refractivity (Wildman–Crippen MR) is 118 cm³/mol. The summed E-state index contributed by atoms with van der Waals surface area (Å²) in [5.41, 5.74) is 1.12. The van der Waals surface area contributed by atoms with Crippen LogP contribution in [0.4, 0.5) is 39.5 Å². The highest BCUT2D eigenvalue weighted by Crippen LogP contribution is 2.35. The zero-order chi connectivity index (χ0) is 32.3. The molecule has 0 aromatic carbocycles. The molecule has 1 aromatic heterocycles. The Bertz CT molecular complexity index is 964. The predicted octanol–water partition coefficient (Wildman–Crippen LogP) is 2.23. The van der Waals surface area contributed by atoms with Gasteiger partial charge < -0.3 is 20.6 Å². The van der Waals surface area contributed by atoms with Crippen molar-refractivity contribution < 1.29 is 74.0 Å². The number of carbonyl (C=O) groups excluding carboxylic acids is 1. The Hall–Kier alpha value is -3.68. The number of hydrogen-bond acceptors (Lipinski definition) is 7. The molecule has 234 valence electrons. The number of likely N-dealkylation sites (tertiary alicyclic amines) is 2. The molecule has 41 heavy (non-hydrogen) atoms. The average molecular weight is 616 g/mol. The van der Waals surface area contributed by atoms with Gasteiger partial charge in [-0.1, -0.05) is 6.07 Å². The Morgan fingerprint density at radius 1 is 0.878 bits per heavy atom. The number of fused-ring (bicyclic) bond motifs is 1. The lowest BCUT2D eigenvalue weighted by Crippen LogP contribution is -2.44. The summed E-state index contributed by atoms with van der Waals surface area (Å²) in [5.74, 6) is -7.52. The number of carboxylic acids is 3. The molecule has 3 atom stereocenters. The van der Waals surface area contributed by atoms with Crippen molar-refractivity contribution >= 4 is 23.8 Å². The second kappa shape index (κ2) is 15.4. The summed E-state index contributed by atoms with van der Waals surface area (Å²) in [4.78, 5) is 47.6. The van der Waals surface area contributed by atoms with Crippen LogP contribution in [0, 0.1) is 5.92 Å². The Balaban J connectivity index is 0.000000631. The van der Waals surface area contributed by atoms with Crippen molar-refractivity contribution in [2.45, 2.75) is 43.6 Å². The molecule has 1 amide bonds. The number of likely N-dealkylation sites (N-methyl/N-ethyl adjacent to an activating group) is 2. The lowest BCUT2D eigenvalue weighted by Gasteiger charge is -2.25. The fraction of sp³-hybridized carbons (Fsp3) is 0.571. The molecule has 3 rings (SSSR count). The highest BCUT2D eigenvalue weighted by molar-refractivity contribution is 5.81. The van der Waals surface area contributed by atoms with Gasteiger partial charge in [0.1, 0.15) is 0 Å². The highest BCUT2D eigenvalue weighted by Gasteiger charge is 2.46. The lowest BCUT2D eigenvalue weighted by atomic mass is 10.0. The average Bonchev–Trinajstić information content (AvgIpc) is 3.36. The maximum absolute atomic E-state index is 11.9. The molecule has 11 nitrogen and oxygen atoms in total. The summed E-state index contributed by atoms with van der Waals surface area (Å²) in [6, 6.07) is 6.61. The number of alkyl halides is 9. The number of nitrogens with one attached hydrogen (secondary N) is 1. The molecule has 2 saturated heterocycles. The van der Waals surface area contributed by atoms with Crippen LogP contribution in [0.3, 0.4) is 0 Å². The van der Waals surface area contributed by atoms with E-state index in [4.69, 9.17) is 29.7 Å². The van der Waals surface area contributed by atoms with E-state index in [1.54, 1.807) is 7.05 Å². The van der Waals surface area contributed by atoms with E-state index < -0.39 is 36.4 Å². The quantitative estimate of drug-likeness (QED) is 0.371. The van der Waals surface area contributed by atoms with Gasteiger partial charge >= 0.3 is 36.4 Å². The van der Waals surface area contributed by atoms with Gasteiger partial charge in [0.15, 0.2) is 0 Å². The van der Waals surface area contributed by atoms with Gasteiger partial charge in [0.2, 0.25) is 5.91 Å². The first-order valence-electron chi connectivity index (χ1n) is 11.0. The van der Waals surface area contributed by atoms with Crippen LogP contribution in [0.2, 0.25) is 0 Å². The maximum Gasteiger partial charge on any atom is 0.490 e. The molecule has 4 N–H and O–H groups in total. The second-order valence-electron chi connectivity index (χ2n) is 8.28. The summed E-state index contributed by atoms with van der Waals surface area (Å²) in [7, 11) is 3.80. The summed E-state index contributed by atoms with van der Waals surface area (Å²) in [6.07, 6.45) is -12.4. The van der Waals surface area contributed by atoms with Gasteiger partial charge in [-0.2, -0.15) is 39.5 Å². The molecule has 2 aliphatic rings. The first-order valence-corrected chi connectivity index (χ1v) is 11.0. The van der Waals surface area contributed by atoms with Crippen molar-refractivity contribution in [3.8, 4) is 0 Å². The third kappa shape index (κ3) is 13.5. The summed E-state index contributed by atoms with van der Waals surface area (Å²) in [6.45, 7) is 3.01. The normalized spacial score (nSPS) is 20.6. The minimum absolute atomic E-state index is 0.0481. The number of aliphatic carboxylic acids is 3. The molecule has 0 bridgehead atoms. The number of nitrogens with zero attached hydrogens (tertiary/aromatic N) is 3. The van der Waals surface area contributed by atoms with Gasteiger partial charge in [-0.3, -0.25) is 19.6 Å². The minimum Gasteiger partial charge on any atom is -0.475 e. The van der Waals surface area contributed by atoms with Crippen LogP contribution in [0.5, 0.6) is 0 Å². The van der Waals surface area contributed by atoms with Crippen molar-refractivity contribution in [2.24, 2.45) is 5.92 Å². The smallest absolute Gasteiger partial charge is 0.475 e. The molecule has 0 radical (unpaired) electrons. The number of pyridine rings is 1. The number of halogens is 9. The Kier molecular flexibility index (Phi) is 14.0. The van der Waals surface area contributed by atoms with Crippen LogP contribution in [0.15, 0.2) is 24.4 Å². The molecule has 0 saturated carbocycles. The van der Waals surface area contributed by atoms with E-state index in [1.165, 1.54) is 0 Å². The van der Waals surface area contributed by atoms with Crippen LogP contribution >= 0.6 is 0 Å². The van der Waals surface area contributed by atoms with Crippen molar-refractivity contribution in [3.05, 3.63) is 30.1 Å². The molecule has 2 fully saturated rings.